The van der Waals surface area contributed by atoms with Crippen LogP contribution in [0.3, 0.4) is 0 Å². The Morgan fingerprint density at radius 3 is 2.58 bits per heavy atom. The average molecular weight is 418 g/mol. The van der Waals surface area contributed by atoms with Crippen molar-refractivity contribution in [2.24, 2.45) is 0 Å². The number of fused-ring (bicyclic) bond motifs is 2. The molecule has 2 amide bonds. The van der Waals surface area contributed by atoms with Crippen molar-refractivity contribution in [2.75, 3.05) is 16.8 Å². The lowest BCUT2D eigenvalue weighted by Gasteiger charge is -2.27. The Hall–Kier alpha value is -3.54. The van der Waals surface area contributed by atoms with Crippen molar-refractivity contribution in [1.29, 1.82) is 0 Å². The average Bonchev–Trinajstić information content (AvgIpc) is 2.85. The van der Waals surface area contributed by atoms with Gasteiger partial charge >= 0.3 is 6.09 Å². The van der Waals surface area contributed by atoms with Crippen LogP contribution in [0, 0.1) is 0 Å². The summed E-state index contributed by atoms with van der Waals surface area (Å²) in [5.74, 6) is -0.184. The van der Waals surface area contributed by atoms with Crippen LogP contribution in [0.25, 0.3) is 10.8 Å². The van der Waals surface area contributed by atoms with Gasteiger partial charge in [0.15, 0.2) is 0 Å². The molecular formula is C25H27N3O3. The molecule has 3 aromatic rings. The first-order chi connectivity index (χ1) is 14.8. The summed E-state index contributed by atoms with van der Waals surface area (Å²) in [5.41, 5.74) is 2.04. The molecule has 0 bridgehead atoms. The van der Waals surface area contributed by atoms with E-state index in [2.05, 4.69) is 28.8 Å². The number of ether oxygens (including phenoxy) is 1. The van der Waals surface area contributed by atoms with Crippen molar-refractivity contribution in [3.8, 4) is 0 Å². The lowest BCUT2D eigenvalue weighted by atomic mass is 10.0. The highest BCUT2D eigenvalue weighted by Crippen LogP contribution is 2.31. The first kappa shape index (κ1) is 20.7. The van der Waals surface area contributed by atoms with Crippen LogP contribution in [-0.2, 0) is 16.1 Å². The monoisotopic (exact) mass is 417 g/mol. The summed E-state index contributed by atoms with van der Waals surface area (Å²) >= 11 is 0. The molecule has 31 heavy (non-hydrogen) atoms. The highest BCUT2D eigenvalue weighted by atomic mass is 16.6. The molecule has 6 nitrogen and oxygen atoms in total. The van der Waals surface area contributed by atoms with Crippen LogP contribution in [0.15, 0.2) is 66.7 Å². The van der Waals surface area contributed by atoms with Crippen LogP contribution in [0.5, 0.6) is 0 Å². The van der Waals surface area contributed by atoms with Crippen molar-refractivity contribution in [2.45, 2.75) is 39.0 Å². The summed E-state index contributed by atoms with van der Waals surface area (Å²) in [4.78, 5) is 27.7. The van der Waals surface area contributed by atoms with Crippen molar-refractivity contribution >= 4 is 34.1 Å². The number of hydrogen-bond donors (Lipinski definition) is 2. The molecule has 4 rings (SSSR count). The number of amides is 2. The molecular weight excluding hydrogens is 390 g/mol. The summed E-state index contributed by atoms with van der Waals surface area (Å²) in [5, 5.41) is 8.26. The van der Waals surface area contributed by atoms with E-state index >= 15 is 0 Å². The van der Waals surface area contributed by atoms with Crippen LogP contribution in [0.1, 0.15) is 26.3 Å². The largest absolute Gasteiger partial charge is 0.444 e. The maximum atomic E-state index is 13.6. The molecule has 1 heterocycles. The number of rotatable bonds is 3. The minimum Gasteiger partial charge on any atom is -0.444 e. The minimum absolute atomic E-state index is 0.184. The molecule has 160 valence electrons. The van der Waals surface area contributed by atoms with E-state index in [1.165, 1.54) is 0 Å². The molecule has 0 radical (unpaired) electrons. The molecule has 0 aromatic heterocycles. The number of para-hydroxylation sites is 2. The molecule has 1 atom stereocenters. The number of anilines is 2. The molecule has 3 aromatic carbocycles. The topological polar surface area (TPSA) is 70.7 Å². The molecule has 1 aliphatic heterocycles. The van der Waals surface area contributed by atoms with Gasteiger partial charge in [-0.05, 0) is 49.2 Å². The SMILES string of the molecule is CC(C)(C)OC(=O)NC1CNc2ccccc2N(Cc2cccc3ccccc23)C1=O. The number of hydrogen-bond acceptors (Lipinski definition) is 4. The van der Waals surface area contributed by atoms with E-state index in [9.17, 15) is 9.59 Å². The Morgan fingerprint density at radius 2 is 1.77 bits per heavy atom. The molecule has 0 aliphatic carbocycles. The second-order valence-corrected chi connectivity index (χ2v) is 8.66. The third-order valence-electron chi connectivity index (χ3n) is 5.15. The van der Waals surface area contributed by atoms with E-state index in [1.807, 2.05) is 48.5 Å². The molecule has 0 saturated heterocycles. The van der Waals surface area contributed by atoms with Gasteiger partial charge in [0.25, 0.3) is 5.91 Å². The maximum Gasteiger partial charge on any atom is 0.408 e. The van der Waals surface area contributed by atoms with Gasteiger partial charge in [-0.1, -0.05) is 54.6 Å². The van der Waals surface area contributed by atoms with Crippen molar-refractivity contribution in [1.82, 2.24) is 5.32 Å². The summed E-state index contributed by atoms with van der Waals surface area (Å²) in [6.45, 7) is 6.06. The van der Waals surface area contributed by atoms with Gasteiger partial charge < -0.3 is 20.3 Å². The van der Waals surface area contributed by atoms with E-state index in [0.29, 0.717) is 6.54 Å². The zero-order valence-corrected chi connectivity index (χ0v) is 18.0. The van der Waals surface area contributed by atoms with Crippen LogP contribution >= 0.6 is 0 Å². The molecule has 1 unspecified atom stereocenters. The maximum absolute atomic E-state index is 13.6. The van der Waals surface area contributed by atoms with Gasteiger partial charge in [-0.2, -0.15) is 0 Å². The van der Waals surface area contributed by atoms with Gasteiger partial charge in [-0.15, -0.1) is 0 Å². The Kier molecular flexibility index (Phi) is 5.55. The van der Waals surface area contributed by atoms with Gasteiger partial charge in [-0.3, -0.25) is 4.79 Å². The van der Waals surface area contributed by atoms with Gasteiger partial charge in [0, 0.05) is 6.54 Å². The second kappa shape index (κ2) is 8.30. The number of nitrogens with one attached hydrogen (secondary N) is 2. The van der Waals surface area contributed by atoms with E-state index in [4.69, 9.17) is 4.74 Å². The molecule has 1 aliphatic rings. The van der Waals surface area contributed by atoms with Crippen molar-refractivity contribution < 1.29 is 14.3 Å². The zero-order valence-electron chi connectivity index (χ0n) is 18.0. The van der Waals surface area contributed by atoms with E-state index in [-0.39, 0.29) is 12.5 Å². The smallest absolute Gasteiger partial charge is 0.408 e. The Morgan fingerprint density at radius 1 is 1.06 bits per heavy atom. The summed E-state index contributed by atoms with van der Waals surface area (Å²) in [6.07, 6.45) is -0.608. The lowest BCUT2D eigenvalue weighted by molar-refractivity contribution is -0.120. The fourth-order valence-electron chi connectivity index (χ4n) is 3.79. The van der Waals surface area contributed by atoms with Crippen LogP contribution in [0.4, 0.5) is 16.2 Å². The predicted molar refractivity (Wildman–Crippen MR) is 123 cm³/mol. The number of carbonyl (C=O) groups excluding carboxylic acids is 2. The van der Waals surface area contributed by atoms with Crippen LogP contribution in [0.2, 0.25) is 0 Å². The minimum atomic E-state index is -0.753. The number of nitrogens with zero attached hydrogens (tertiary/aromatic N) is 1. The quantitative estimate of drug-likeness (QED) is 0.649. The Balaban J connectivity index is 1.67. The highest BCUT2D eigenvalue weighted by Gasteiger charge is 2.32. The molecule has 0 fully saturated rings. The van der Waals surface area contributed by atoms with Gasteiger partial charge in [0.05, 0.1) is 17.9 Å². The summed E-state index contributed by atoms with van der Waals surface area (Å²) < 4.78 is 5.37. The first-order valence-electron chi connectivity index (χ1n) is 10.4. The zero-order chi connectivity index (χ0) is 22.0. The van der Waals surface area contributed by atoms with Gasteiger partial charge in [0.1, 0.15) is 11.6 Å². The second-order valence-electron chi connectivity index (χ2n) is 8.66. The third kappa shape index (κ3) is 4.63. The van der Waals surface area contributed by atoms with Gasteiger partial charge in [-0.25, -0.2) is 4.79 Å². The van der Waals surface area contributed by atoms with E-state index in [0.717, 1.165) is 27.7 Å². The van der Waals surface area contributed by atoms with Crippen LogP contribution in [-0.4, -0.2) is 30.2 Å². The summed E-state index contributed by atoms with van der Waals surface area (Å²) in [6, 6.07) is 21.2. The Labute approximate surface area is 182 Å². The highest BCUT2D eigenvalue weighted by molar-refractivity contribution is 6.03. The standard InChI is InChI=1S/C25H27N3O3/c1-25(2,3)31-24(30)27-21-15-26-20-13-6-7-14-22(20)28(23(21)29)16-18-11-8-10-17-9-4-5-12-19(17)18/h4-14,21,26H,15-16H2,1-3H3,(H,27,30). The van der Waals surface area contributed by atoms with E-state index in [1.54, 1.807) is 25.7 Å². The fraction of sp³-hybridized carbons (Fsp3) is 0.280. The van der Waals surface area contributed by atoms with Gasteiger partial charge in [0.2, 0.25) is 0 Å². The number of alkyl carbamates (subject to hydrolysis) is 1. The molecule has 0 spiro atoms. The number of carbonyl (C=O) groups is 2. The molecule has 6 heteroatoms. The molecule has 0 saturated carbocycles. The van der Waals surface area contributed by atoms with Crippen molar-refractivity contribution in [3.63, 3.8) is 0 Å². The summed E-state index contributed by atoms with van der Waals surface area (Å²) in [7, 11) is 0. The predicted octanol–water partition coefficient (Wildman–Crippen LogP) is 4.69. The molecule has 2 N–H and O–H groups in total. The Bertz CT molecular complexity index is 1110. The first-order valence-corrected chi connectivity index (χ1v) is 10.4. The van der Waals surface area contributed by atoms with Crippen LogP contribution < -0.4 is 15.5 Å². The fourth-order valence-corrected chi connectivity index (χ4v) is 3.79. The van der Waals surface area contributed by atoms with Crippen molar-refractivity contribution in [3.05, 3.63) is 72.3 Å². The third-order valence-corrected chi connectivity index (χ3v) is 5.15. The van der Waals surface area contributed by atoms with E-state index < -0.39 is 17.7 Å². The lowest BCUT2D eigenvalue weighted by Crippen LogP contribution is -2.51. The normalized spacial score (nSPS) is 16.3. The number of benzene rings is 3.